The van der Waals surface area contributed by atoms with Crippen LogP contribution in [-0.4, -0.2) is 21.3 Å². The highest BCUT2D eigenvalue weighted by Crippen LogP contribution is 2.38. The zero-order valence-corrected chi connectivity index (χ0v) is 11.0. The Labute approximate surface area is 118 Å². The molecule has 2 aromatic rings. The van der Waals surface area contributed by atoms with E-state index in [1.165, 1.54) is 16.8 Å². The minimum Gasteiger partial charge on any atom is -0.296 e. The quantitative estimate of drug-likeness (QED) is 0.816. The molecule has 21 heavy (non-hydrogen) atoms. The van der Waals surface area contributed by atoms with Gasteiger partial charge in [0.05, 0.1) is 16.9 Å². The van der Waals surface area contributed by atoms with E-state index in [1.807, 2.05) is 0 Å². The van der Waals surface area contributed by atoms with E-state index in [0.717, 1.165) is 31.4 Å². The Morgan fingerprint density at radius 3 is 2.62 bits per heavy atom. The molecule has 1 aliphatic carbocycles. The summed E-state index contributed by atoms with van der Waals surface area (Å²) in [6, 6.07) is 4.88. The molecule has 0 saturated heterocycles. The lowest BCUT2D eigenvalue weighted by Crippen LogP contribution is -2.16. The third-order valence-corrected chi connectivity index (χ3v) is 3.75. The molecule has 1 aromatic carbocycles. The largest absolute Gasteiger partial charge is 0.416 e. The first-order chi connectivity index (χ1) is 10.0. The van der Waals surface area contributed by atoms with Crippen LogP contribution in [0.5, 0.6) is 0 Å². The summed E-state index contributed by atoms with van der Waals surface area (Å²) in [6.07, 6.45) is -0.984. The van der Waals surface area contributed by atoms with E-state index in [9.17, 15) is 18.0 Å². The van der Waals surface area contributed by atoms with Gasteiger partial charge in [-0.05, 0) is 31.0 Å². The predicted molar refractivity (Wildman–Crippen MR) is 68.3 cm³/mol. The van der Waals surface area contributed by atoms with Gasteiger partial charge in [-0.15, -0.1) is 5.10 Å². The fourth-order valence-corrected chi connectivity index (χ4v) is 2.45. The molecule has 1 aliphatic rings. The number of rotatable bonds is 3. The molecule has 7 heteroatoms. The third-order valence-electron chi connectivity index (χ3n) is 3.75. The van der Waals surface area contributed by atoms with E-state index in [4.69, 9.17) is 0 Å². The summed E-state index contributed by atoms with van der Waals surface area (Å²) in [4.78, 5) is 11.0. The van der Waals surface area contributed by atoms with Gasteiger partial charge in [0.1, 0.15) is 5.69 Å². The summed E-state index contributed by atoms with van der Waals surface area (Å²) in [5, 5.41) is 7.62. The molecule has 110 valence electrons. The minimum absolute atomic E-state index is 0.134. The summed E-state index contributed by atoms with van der Waals surface area (Å²) in [5.41, 5.74) is 0.336. The molecular formula is C14H12F3N3O. The second-order valence-corrected chi connectivity index (χ2v) is 5.07. The van der Waals surface area contributed by atoms with Crippen LogP contribution in [0.25, 0.3) is 5.69 Å². The number of aromatic nitrogens is 3. The minimum atomic E-state index is -4.42. The predicted octanol–water partition coefficient (Wildman–Crippen LogP) is 3.37. The molecular weight excluding hydrogens is 283 g/mol. The van der Waals surface area contributed by atoms with E-state index in [2.05, 4.69) is 10.3 Å². The number of nitrogens with zero attached hydrogens (tertiary/aromatic N) is 3. The maximum Gasteiger partial charge on any atom is 0.416 e. The van der Waals surface area contributed by atoms with Gasteiger partial charge in [-0.3, -0.25) is 4.79 Å². The van der Waals surface area contributed by atoms with Crippen molar-refractivity contribution >= 4 is 6.29 Å². The van der Waals surface area contributed by atoms with E-state index in [0.29, 0.717) is 12.0 Å². The number of carbonyl (C=O) groups excluding carboxylic acids is 1. The monoisotopic (exact) mass is 295 g/mol. The van der Waals surface area contributed by atoms with Crippen LogP contribution in [0, 0.1) is 0 Å². The molecule has 0 unspecified atom stereocenters. The first-order valence-electron chi connectivity index (χ1n) is 6.59. The van der Waals surface area contributed by atoms with Crippen LogP contribution in [0.1, 0.15) is 46.9 Å². The van der Waals surface area contributed by atoms with Gasteiger partial charge in [0, 0.05) is 5.92 Å². The maximum absolute atomic E-state index is 12.8. The zero-order chi connectivity index (χ0) is 15.0. The molecule has 0 N–H and O–H groups in total. The number of halogens is 3. The SMILES string of the molecule is O=Cc1nnn(-c2cccc(C(F)(F)F)c2)c1C1CCC1. The lowest BCUT2D eigenvalue weighted by Gasteiger charge is -2.26. The summed E-state index contributed by atoms with van der Waals surface area (Å²) in [5.74, 6) is 0.134. The summed E-state index contributed by atoms with van der Waals surface area (Å²) < 4.78 is 39.7. The van der Waals surface area contributed by atoms with Crippen molar-refractivity contribution in [3.05, 3.63) is 41.2 Å². The Balaban J connectivity index is 2.08. The lowest BCUT2D eigenvalue weighted by molar-refractivity contribution is -0.137. The van der Waals surface area contributed by atoms with Crippen molar-refractivity contribution < 1.29 is 18.0 Å². The van der Waals surface area contributed by atoms with Gasteiger partial charge in [0.15, 0.2) is 6.29 Å². The number of aldehydes is 1. The molecule has 1 heterocycles. The highest BCUT2D eigenvalue weighted by Gasteiger charge is 2.32. The number of benzene rings is 1. The molecule has 0 radical (unpaired) electrons. The van der Waals surface area contributed by atoms with Crippen molar-refractivity contribution in [2.45, 2.75) is 31.4 Å². The van der Waals surface area contributed by atoms with Crippen LogP contribution in [0.2, 0.25) is 0 Å². The van der Waals surface area contributed by atoms with Crippen molar-refractivity contribution in [2.75, 3.05) is 0 Å². The molecule has 0 spiro atoms. The first kappa shape index (κ1) is 13.8. The Morgan fingerprint density at radius 1 is 1.29 bits per heavy atom. The van der Waals surface area contributed by atoms with Gasteiger partial charge in [-0.25, -0.2) is 4.68 Å². The molecule has 0 atom stereocenters. The highest BCUT2D eigenvalue weighted by molar-refractivity contribution is 5.74. The highest BCUT2D eigenvalue weighted by atomic mass is 19.4. The van der Waals surface area contributed by atoms with Gasteiger partial charge in [-0.2, -0.15) is 13.2 Å². The lowest BCUT2D eigenvalue weighted by atomic mass is 9.82. The Bertz CT molecular complexity index is 674. The average molecular weight is 295 g/mol. The second kappa shape index (κ2) is 4.98. The van der Waals surface area contributed by atoms with E-state index in [-0.39, 0.29) is 17.3 Å². The topological polar surface area (TPSA) is 47.8 Å². The summed E-state index contributed by atoms with van der Waals surface area (Å²) in [7, 11) is 0. The third kappa shape index (κ3) is 2.43. The Kier molecular flexibility index (Phi) is 3.27. The molecule has 1 saturated carbocycles. The van der Waals surface area contributed by atoms with E-state index < -0.39 is 11.7 Å². The number of carbonyl (C=O) groups is 1. The van der Waals surface area contributed by atoms with Crippen LogP contribution in [0.4, 0.5) is 13.2 Å². The summed E-state index contributed by atoms with van der Waals surface area (Å²) >= 11 is 0. The molecule has 0 bridgehead atoms. The normalized spacial score (nSPS) is 15.8. The first-order valence-corrected chi connectivity index (χ1v) is 6.59. The van der Waals surface area contributed by atoms with Crippen LogP contribution in [0.3, 0.4) is 0 Å². The number of alkyl halides is 3. The van der Waals surface area contributed by atoms with Crippen LogP contribution < -0.4 is 0 Å². The molecule has 0 aliphatic heterocycles. The number of hydrogen-bond donors (Lipinski definition) is 0. The summed E-state index contributed by atoms with van der Waals surface area (Å²) in [6.45, 7) is 0. The molecule has 4 nitrogen and oxygen atoms in total. The second-order valence-electron chi connectivity index (χ2n) is 5.07. The van der Waals surface area contributed by atoms with Gasteiger partial charge in [-0.1, -0.05) is 17.7 Å². The van der Waals surface area contributed by atoms with E-state index >= 15 is 0 Å². The zero-order valence-electron chi connectivity index (χ0n) is 11.0. The molecule has 0 amide bonds. The van der Waals surface area contributed by atoms with Crippen molar-refractivity contribution in [1.82, 2.24) is 15.0 Å². The van der Waals surface area contributed by atoms with Crippen molar-refractivity contribution in [1.29, 1.82) is 0 Å². The van der Waals surface area contributed by atoms with Crippen molar-refractivity contribution in [3.63, 3.8) is 0 Å². The van der Waals surface area contributed by atoms with Crippen LogP contribution >= 0.6 is 0 Å². The fourth-order valence-electron chi connectivity index (χ4n) is 2.45. The smallest absolute Gasteiger partial charge is 0.296 e. The Morgan fingerprint density at radius 2 is 2.05 bits per heavy atom. The van der Waals surface area contributed by atoms with Crippen LogP contribution in [0.15, 0.2) is 24.3 Å². The van der Waals surface area contributed by atoms with Gasteiger partial charge >= 0.3 is 6.18 Å². The fraction of sp³-hybridized carbons (Fsp3) is 0.357. The van der Waals surface area contributed by atoms with Gasteiger partial charge in [0.25, 0.3) is 0 Å². The van der Waals surface area contributed by atoms with Crippen molar-refractivity contribution in [3.8, 4) is 5.69 Å². The number of hydrogen-bond acceptors (Lipinski definition) is 3. The molecule has 1 fully saturated rings. The maximum atomic E-state index is 12.8. The molecule has 3 rings (SSSR count). The van der Waals surface area contributed by atoms with Crippen LogP contribution in [-0.2, 0) is 6.18 Å². The average Bonchev–Trinajstić information content (AvgIpc) is 2.79. The molecule has 1 aromatic heterocycles. The van der Waals surface area contributed by atoms with E-state index in [1.54, 1.807) is 0 Å². The Hall–Kier alpha value is -2.18. The van der Waals surface area contributed by atoms with Gasteiger partial charge < -0.3 is 0 Å². The van der Waals surface area contributed by atoms with Crippen molar-refractivity contribution in [2.24, 2.45) is 0 Å². The standard InChI is InChI=1S/C14H12F3N3O/c15-14(16,17)10-5-2-6-11(7-10)20-13(9-3-1-4-9)12(8-21)18-19-20/h2,5-9H,1,3-4H2. The van der Waals surface area contributed by atoms with Gasteiger partial charge in [0.2, 0.25) is 0 Å².